The summed E-state index contributed by atoms with van der Waals surface area (Å²) in [5, 5.41) is 18.3. The lowest BCUT2D eigenvalue weighted by atomic mass is 9.90. The zero-order valence-corrected chi connectivity index (χ0v) is 17.0. The summed E-state index contributed by atoms with van der Waals surface area (Å²) in [7, 11) is 0. The zero-order valence-electron chi connectivity index (χ0n) is 17.0. The Morgan fingerprint density at radius 2 is 1.82 bits per heavy atom. The van der Waals surface area contributed by atoms with E-state index in [1.54, 1.807) is 20.8 Å². The normalized spacial score (nSPS) is 24.7. The topological polar surface area (TPSA) is 143 Å². The summed E-state index contributed by atoms with van der Waals surface area (Å²) >= 11 is 0. The average Bonchev–Trinajstić information content (AvgIpc) is 3.37. The Labute approximate surface area is 166 Å². The van der Waals surface area contributed by atoms with E-state index in [1.807, 2.05) is 0 Å². The lowest BCUT2D eigenvalue weighted by Crippen LogP contribution is -2.55. The van der Waals surface area contributed by atoms with Crippen LogP contribution in [0.25, 0.3) is 0 Å². The first-order chi connectivity index (χ1) is 13.0. The van der Waals surface area contributed by atoms with Crippen LogP contribution in [0.5, 0.6) is 0 Å². The smallest absolute Gasteiger partial charge is 0.408 e. The maximum absolute atomic E-state index is 12.8. The van der Waals surface area contributed by atoms with E-state index in [2.05, 4.69) is 16.0 Å². The fourth-order valence-electron chi connectivity index (χ4n) is 3.37. The molecule has 2 aliphatic rings. The Morgan fingerprint density at radius 3 is 2.36 bits per heavy atom. The summed E-state index contributed by atoms with van der Waals surface area (Å²) in [6.45, 7) is 5.95. The van der Waals surface area contributed by atoms with Crippen LogP contribution in [0.3, 0.4) is 0 Å². The number of rotatable bonds is 8. The predicted molar refractivity (Wildman–Crippen MR) is 103 cm³/mol. The Kier molecular flexibility index (Phi) is 7.65. The van der Waals surface area contributed by atoms with Crippen molar-refractivity contribution in [3.8, 4) is 0 Å². The molecule has 28 heavy (non-hydrogen) atoms. The molecule has 1 aliphatic carbocycles. The summed E-state index contributed by atoms with van der Waals surface area (Å²) < 4.78 is 5.25. The third kappa shape index (κ3) is 7.63. The van der Waals surface area contributed by atoms with Crippen LogP contribution >= 0.6 is 0 Å². The van der Waals surface area contributed by atoms with Crippen molar-refractivity contribution in [1.29, 1.82) is 0 Å². The molecular weight excluding hydrogens is 364 g/mol. The van der Waals surface area contributed by atoms with Gasteiger partial charge in [-0.2, -0.15) is 0 Å². The van der Waals surface area contributed by atoms with Crippen molar-refractivity contribution in [2.75, 3.05) is 6.54 Å². The van der Waals surface area contributed by atoms with Gasteiger partial charge in [-0.1, -0.05) is 12.8 Å². The van der Waals surface area contributed by atoms with Crippen LogP contribution in [0.2, 0.25) is 0 Å². The molecule has 1 saturated carbocycles. The van der Waals surface area contributed by atoms with Crippen molar-refractivity contribution in [2.45, 2.75) is 83.2 Å². The van der Waals surface area contributed by atoms with Crippen molar-refractivity contribution >= 4 is 17.9 Å². The molecule has 1 heterocycles. The number of alkyl carbamates (subject to hydrolysis) is 1. The van der Waals surface area contributed by atoms with Crippen LogP contribution in [0.4, 0.5) is 4.79 Å². The molecule has 2 fully saturated rings. The van der Waals surface area contributed by atoms with Gasteiger partial charge in [-0.05, 0) is 58.9 Å². The summed E-state index contributed by atoms with van der Waals surface area (Å²) in [6.07, 6.45) is 2.99. The minimum atomic E-state index is -0.908. The second-order valence-electron chi connectivity index (χ2n) is 8.88. The molecule has 4 atom stereocenters. The Bertz CT molecular complexity index is 573. The first-order valence-corrected chi connectivity index (χ1v) is 10.1. The number of hydrogen-bond acceptors (Lipinski definition) is 6. The highest BCUT2D eigenvalue weighted by molar-refractivity contribution is 5.90. The summed E-state index contributed by atoms with van der Waals surface area (Å²) in [6, 6.07) is -1.70. The number of carbonyl (C=O) groups excluding carboxylic acids is 3. The highest BCUT2D eigenvalue weighted by Gasteiger charge is 2.34. The van der Waals surface area contributed by atoms with Gasteiger partial charge in [0.1, 0.15) is 23.9 Å². The lowest BCUT2D eigenvalue weighted by Gasteiger charge is -2.31. The molecule has 0 radical (unpaired) electrons. The third-order valence-electron chi connectivity index (χ3n) is 5.02. The van der Waals surface area contributed by atoms with Crippen LogP contribution in [-0.2, 0) is 14.3 Å². The summed E-state index contributed by atoms with van der Waals surface area (Å²) in [4.78, 5) is 36.8. The predicted octanol–water partition coefficient (Wildman–Crippen LogP) is 0.358. The first kappa shape index (κ1) is 22.4. The highest BCUT2D eigenvalue weighted by Crippen LogP contribution is 2.33. The molecule has 9 heteroatoms. The summed E-state index contributed by atoms with van der Waals surface area (Å²) in [5.41, 5.74) is 4.80. The van der Waals surface area contributed by atoms with E-state index in [0.29, 0.717) is 18.9 Å². The van der Waals surface area contributed by atoms with Crippen molar-refractivity contribution in [2.24, 2.45) is 17.6 Å². The van der Waals surface area contributed by atoms with E-state index in [1.165, 1.54) is 0 Å². The second-order valence-corrected chi connectivity index (χ2v) is 8.88. The molecule has 0 aromatic heterocycles. The van der Waals surface area contributed by atoms with Crippen LogP contribution in [-0.4, -0.2) is 53.5 Å². The number of aliphatic hydroxyl groups is 1. The molecule has 6 N–H and O–H groups in total. The van der Waals surface area contributed by atoms with E-state index < -0.39 is 41.8 Å². The van der Waals surface area contributed by atoms with Gasteiger partial charge in [0.15, 0.2) is 0 Å². The Hall–Kier alpha value is -1.87. The van der Waals surface area contributed by atoms with E-state index in [4.69, 9.17) is 10.5 Å². The number of hydrogen-bond donors (Lipinski definition) is 5. The molecule has 1 unspecified atom stereocenters. The number of carbonyl (C=O) groups is 3. The molecule has 1 aliphatic heterocycles. The van der Waals surface area contributed by atoms with Crippen LogP contribution in [0.15, 0.2) is 0 Å². The molecule has 1 saturated heterocycles. The molecule has 0 aromatic carbocycles. The maximum Gasteiger partial charge on any atom is 0.408 e. The number of ether oxygens (including phenoxy) is 1. The van der Waals surface area contributed by atoms with Crippen LogP contribution < -0.4 is 21.7 Å². The fraction of sp³-hybridized carbons (Fsp3) is 0.842. The number of amides is 3. The van der Waals surface area contributed by atoms with Gasteiger partial charge in [-0.15, -0.1) is 0 Å². The minimum Gasteiger partial charge on any atom is -0.444 e. The number of piperidine rings is 1. The van der Waals surface area contributed by atoms with Gasteiger partial charge in [0.25, 0.3) is 0 Å². The molecule has 2 rings (SSSR count). The standard InChI is InChI=1S/C19H34N4O5/c1-19(2,3)28-18(27)23-14(9-11-6-7-11)17(26)22-13(15(20)24)10-12-5-4-8-21-16(12)25/h11-14,16,21,25H,4-10H2,1-3H3,(H2,20,24)(H,22,26)(H,23,27)/t12-,13-,14-,16?/m0/s1. The minimum absolute atomic E-state index is 0.174. The van der Waals surface area contributed by atoms with Gasteiger partial charge in [0.2, 0.25) is 11.8 Å². The quantitative estimate of drug-likeness (QED) is 0.399. The van der Waals surface area contributed by atoms with Crippen molar-refractivity contribution in [3.63, 3.8) is 0 Å². The van der Waals surface area contributed by atoms with Crippen molar-refractivity contribution in [3.05, 3.63) is 0 Å². The van der Waals surface area contributed by atoms with E-state index in [-0.39, 0.29) is 12.3 Å². The van der Waals surface area contributed by atoms with Crippen LogP contribution in [0, 0.1) is 11.8 Å². The molecule has 3 amide bonds. The molecular formula is C19H34N4O5. The SMILES string of the molecule is CC(C)(C)OC(=O)N[C@@H](CC1CC1)C(=O)N[C@@H](C[C@@H]1CCCNC1O)C(N)=O. The van der Waals surface area contributed by atoms with Crippen LogP contribution in [0.1, 0.15) is 59.3 Å². The summed E-state index contributed by atoms with van der Waals surface area (Å²) in [5.74, 6) is -0.914. The largest absolute Gasteiger partial charge is 0.444 e. The van der Waals surface area contributed by atoms with E-state index in [0.717, 1.165) is 25.7 Å². The van der Waals surface area contributed by atoms with Gasteiger partial charge in [0, 0.05) is 5.92 Å². The first-order valence-electron chi connectivity index (χ1n) is 10.1. The van der Waals surface area contributed by atoms with Gasteiger partial charge >= 0.3 is 6.09 Å². The van der Waals surface area contributed by atoms with Crippen molar-refractivity contribution < 1.29 is 24.2 Å². The van der Waals surface area contributed by atoms with Gasteiger partial charge < -0.3 is 26.2 Å². The third-order valence-corrected chi connectivity index (χ3v) is 5.02. The lowest BCUT2D eigenvalue weighted by molar-refractivity contribution is -0.129. The molecule has 160 valence electrons. The number of primary amides is 1. The fourth-order valence-corrected chi connectivity index (χ4v) is 3.37. The number of nitrogens with one attached hydrogen (secondary N) is 3. The van der Waals surface area contributed by atoms with Crippen molar-refractivity contribution in [1.82, 2.24) is 16.0 Å². The number of nitrogens with two attached hydrogens (primary N) is 1. The van der Waals surface area contributed by atoms with Gasteiger partial charge in [-0.25, -0.2) is 4.79 Å². The maximum atomic E-state index is 12.8. The Morgan fingerprint density at radius 1 is 1.14 bits per heavy atom. The molecule has 0 spiro atoms. The molecule has 0 bridgehead atoms. The highest BCUT2D eigenvalue weighted by atomic mass is 16.6. The zero-order chi connectivity index (χ0) is 20.9. The van der Waals surface area contributed by atoms with E-state index >= 15 is 0 Å². The monoisotopic (exact) mass is 398 g/mol. The van der Waals surface area contributed by atoms with E-state index in [9.17, 15) is 19.5 Å². The second kappa shape index (κ2) is 9.56. The molecule has 0 aromatic rings. The van der Waals surface area contributed by atoms with Gasteiger partial charge in [0.05, 0.1) is 0 Å². The molecule has 9 nitrogen and oxygen atoms in total. The van der Waals surface area contributed by atoms with Gasteiger partial charge in [-0.3, -0.25) is 14.9 Å². The Balaban J connectivity index is 1.98. The average molecular weight is 399 g/mol. The number of aliphatic hydroxyl groups excluding tert-OH is 1.